The third kappa shape index (κ3) is 2.96. The number of halogens is 3. The summed E-state index contributed by atoms with van der Waals surface area (Å²) in [6.07, 6.45) is 0.0774. The molecule has 0 saturated carbocycles. The normalized spacial score (nSPS) is 12.5. The Morgan fingerprint density at radius 1 is 1.37 bits per heavy atom. The second-order valence-electron chi connectivity index (χ2n) is 3.99. The molecular formula is C13H12BrF2NOS. The van der Waals surface area contributed by atoms with Crippen LogP contribution in [0.5, 0.6) is 5.75 Å². The minimum Gasteiger partial charge on any atom is -0.496 e. The molecular weight excluding hydrogens is 336 g/mol. The minimum atomic E-state index is -0.606. The van der Waals surface area contributed by atoms with Gasteiger partial charge in [-0.2, -0.15) is 0 Å². The van der Waals surface area contributed by atoms with Crippen LogP contribution in [-0.2, 0) is 6.42 Å². The predicted molar refractivity (Wildman–Crippen MR) is 75.6 cm³/mol. The Bertz CT molecular complexity index is 588. The van der Waals surface area contributed by atoms with Crippen molar-refractivity contribution >= 4 is 27.3 Å². The number of nitrogens with two attached hydrogens (primary N) is 1. The van der Waals surface area contributed by atoms with Gasteiger partial charge in [-0.15, -0.1) is 11.3 Å². The largest absolute Gasteiger partial charge is 0.496 e. The summed E-state index contributed by atoms with van der Waals surface area (Å²) in [6, 6.07) is 3.84. The van der Waals surface area contributed by atoms with Crippen LogP contribution in [0.4, 0.5) is 8.78 Å². The molecule has 1 unspecified atom stereocenters. The molecule has 0 bridgehead atoms. The zero-order valence-electron chi connectivity index (χ0n) is 10.1. The van der Waals surface area contributed by atoms with E-state index in [-0.39, 0.29) is 16.5 Å². The number of hydrogen-bond acceptors (Lipinski definition) is 3. The van der Waals surface area contributed by atoms with Crippen molar-refractivity contribution in [2.45, 2.75) is 12.5 Å². The van der Waals surface area contributed by atoms with Crippen LogP contribution in [0.3, 0.4) is 0 Å². The van der Waals surface area contributed by atoms with Crippen molar-refractivity contribution in [3.63, 3.8) is 0 Å². The highest BCUT2D eigenvalue weighted by molar-refractivity contribution is 9.10. The molecule has 0 spiro atoms. The molecule has 2 N–H and O–H groups in total. The fraction of sp³-hybridized carbons (Fsp3) is 0.231. The molecule has 0 aliphatic carbocycles. The first kappa shape index (κ1) is 14.4. The van der Waals surface area contributed by atoms with Crippen LogP contribution in [0.15, 0.2) is 28.1 Å². The maximum absolute atomic E-state index is 13.9. The van der Waals surface area contributed by atoms with Crippen molar-refractivity contribution < 1.29 is 13.5 Å². The van der Waals surface area contributed by atoms with Gasteiger partial charge in [-0.3, -0.25) is 0 Å². The zero-order valence-corrected chi connectivity index (χ0v) is 12.5. The molecule has 1 heterocycles. The van der Waals surface area contributed by atoms with Crippen molar-refractivity contribution in [3.8, 4) is 5.75 Å². The van der Waals surface area contributed by atoms with E-state index in [0.717, 1.165) is 4.88 Å². The molecule has 1 aromatic heterocycles. The summed E-state index contributed by atoms with van der Waals surface area (Å²) in [7, 11) is 1.54. The fourth-order valence-electron chi connectivity index (χ4n) is 1.82. The molecule has 0 aliphatic rings. The third-order valence-corrected chi connectivity index (χ3v) is 4.42. The van der Waals surface area contributed by atoms with E-state index in [1.807, 2.05) is 5.38 Å². The highest BCUT2D eigenvalue weighted by Crippen LogP contribution is 2.33. The van der Waals surface area contributed by atoms with Crippen molar-refractivity contribution in [3.05, 3.63) is 50.1 Å². The van der Waals surface area contributed by atoms with Crippen molar-refractivity contribution in [1.29, 1.82) is 0 Å². The lowest BCUT2D eigenvalue weighted by Gasteiger charge is -2.13. The molecule has 0 amide bonds. The van der Waals surface area contributed by atoms with Gasteiger partial charge in [0.2, 0.25) is 0 Å². The van der Waals surface area contributed by atoms with Gasteiger partial charge < -0.3 is 10.5 Å². The zero-order chi connectivity index (χ0) is 14.0. The minimum absolute atomic E-state index is 0.0164. The van der Waals surface area contributed by atoms with Crippen molar-refractivity contribution in [2.24, 2.45) is 5.73 Å². The van der Waals surface area contributed by atoms with E-state index in [1.165, 1.54) is 23.5 Å². The Morgan fingerprint density at radius 2 is 2.11 bits per heavy atom. The van der Waals surface area contributed by atoms with Gasteiger partial charge in [-0.05, 0) is 45.9 Å². The topological polar surface area (TPSA) is 35.2 Å². The molecule has 1 aromatic carbocycles. The first-order chi connectivity index (χ1) is 9.04. The Labute approximate surface area is 122 Å². The van der Waals surface area contributed by atoms with Crippen LogP contribution in [0.25, 0.3) is 0 Å². The highest BCUT2D eigenvalue weighted by atomic mass is 79.9. The van der Waals surface area contributed by atoms with Gasteiger partial charge in [0.25, 0.3) is 0 Å². The van der Waals surface area contributed by atoms with Gasteiger partial charge in [-0.1, -0.05) is 0 Å². The predicted octanol–water partition coefficient (Wildman–Crippen LogP) is 4.04. The van der Waals surface area contributed by atoms with Gasteiger partial charge in [0.05, 0.1) is 16.5 Å². The molecule has 0 radical (unpaired) electrons. The van der Waals surface area contributed by atoms with Gasteiger partial charge in [-0.25, -0.2) is 8.78 Å². The van der Waals surface area contributed by atoms with Crippen LogP contribution in [-0.4, -0.2) is 7.11 Å². The summed E-state index contributed by atoms with van der Waals surface area (Å²) in [5, 5.41) is 1.83. The van der Waals surface area contributed by atoms with E-state index in [9.17, 15) is 8.78 Å². The Hall–Kier alpha value is -0.980. The number of methoxy groups -OCH3 is 1. The van der Waals surface area contributed by atoms with Crippen LogP contribution in [0.2, 0.25) is 0 Å². The number of thiophene rings is 1. The molecule has 2 rings (SSSR count). The molecule has 2 aromatic rings. The molecule has 0 fully saturated rings. The quantitative estimate of drug-likeness (QED) is 0.847. The molecule has 0 aliphatic heterocycles. The molecule has 102 valence electrons. The first-order valence-electron chi connectivity index (χ1n) is 5.54. The summed E-state index contributed by atoms with van der Waals surface area (Å²) in [5.41, 5.74) is 6.00. The van der Waals surface area contributed by atoms with Gasteiger partial charge in [0.1, 0.15) is 17.4 Å². The van der Waals surface area contributed by atoms with Gasteiger partial charge in [0.15, 0.2) is 0 Å². The standard InChI is InChI=1S/C13H12BrF2NOS/c1-18-11-4-5-19-13(11)10(17)6-7-9(15)3-2-8(14)12(7)16/h2-5,10H,6,17H2,1H3. The average Bonchev–Trinajstić information content (AvgIpc) is 2.87. The summed E-state index contributed by atoms with van der Waals surface area (Å²) in [5.74, 6) is -0.550. The average molecular weight is 348 g/mol. The lowest BCUT2D eigenvalue weighted by molar-refractivity contribution is 0.408. The summed E-state index contributed by atoms with van der Waals surface area (Å²) in [6.45, 7) is 0. The molecule has 0 saturated heterocycles. The SMILES string of the molecule is COc1ccsc1C(N)Cc1c(F)ccc(Br)c1F. The summed E-state index contributed by atoms with van der Waals surface area (Å²) < 4.78 is 32.9. The lowest BCUT2D eigenvalue weighted by Crippen LogP contribution is -2.15. The molecule has 6 heteroatoms. The smallest absolute Gasteiger partial charge is 0.143 e. The van der Waals surface area contributed by atoms with Crippen LogP contribution in [0, 0.1) is 11.6 Å². The lowest BCUT2D eigenvalue weighted by atomic mass is 10.0. The van der Waals surface area contributed by atoms with E-state index in [4.69, 9.17) is 10.5 Å². The Morgan fingerprint density at radius 3 is 2.79 bits per heavy atom. The Kier molecular flexibility index (Phi) is 4.54. The first-order valence-corrected chi connectivity index (χ1v) is 7.21. The maximum atomic E-state index is 13.9. The second-order valence-corrected chi connectivity index (χ2v) is 5.79. The van der Waals surface area contributed by atoms with Crippen molar-refractivity contribution in [2.75, 3.05) is 7.11 Å². The van der Waals surface area contributed by atoms with E-state index in [1.54, 1.807) is 13.2 Å². The highest BCUT2D eigenvalue weighted by Gasteiger charge is 2.19. The van der Waals surface area contributed by atoms with Gasteiger partial charge >= 0.3 is 0 Å². The molecule has 19 heavy (non-hydrogen) atoms. The van der Waals surface area contributed by atoms with E-state index < -0.39 is 17.7 Å². The maximum Gasteiger partial charge on any atom is 0.143 e. The molecule has 1 atom stereocenters. The number of benzene rings is 1. The van der Waals surface area contributed by atoms with E-state index in [2.05, 4.69) is 15.9 Å². The van der Waals surface area contributed by atoms with Crippen LogP contribution < -0.4 is 10.5 Å². The number of rotatable bonds is 4. The monoisotopic (exact) mass is 347 g/mol. The van der Waals surface area contributed by atoms with Crippen LogP contribution in [0.1, 0.15) is 16.5 Å². The summed E-state index contributed by atoms with van der Waals surface area (Å²) >= 11 is 4.45. The van der Waals surface area contributed by atoms with E-state index in [0.29, 0.717) is 5.75 Å². The third-order valence-electron chi connectivity index (χ3n) is 2.78. The molecule has 2 nitrogen and oxygen atoms in total. The number of ether oxygens (including phenoxy) is 1. The van der Waals surface area contributed by atoms with Crippen molar-refractivity contribution in [1.82, 2.24) is 0 Å². The number of hydrogen-bond donors (Lipinski definition) is 1. The fourth-order valence-corrected chi connectivity index (χ4v) is 3.05. The van der Waals surface area contributed by atoms with E-state index >= 15 is 0 Å². The summed E-state index contributed by atoms with van der Waals surface area (Å²) in [4.78, 5) is 0.779. The second kappa shape index (κ2) is 5.98. The van der Waals surface area contributed by atoms with Crippen LogP contribution >= 0.6 is 27.3 Å². The van der Waals surface area contributed by atoms with Gasteiger partial charge in [0, 0.05) is 11.6 Å². The Balaban J connectivity index is 2.29.